The van der Waals surface area contributed by atoms with Crippen molar-refractivity contribution in [3.05, 3.63) is 57.6 Å². The van der Waals surface area contributed by atoms with Gasteiger partial charge in [-0.15, -0.1) is 22.7 Å². The van der Waals surface area contributed by atoms with E-state index in [-0.39, 0.29) is 0 Å². The molecule has 0 N–H and O–H groups in total. The van der Waals surface area contributed by atoms with E-state index in [0.717, 1.165) is 9.75 Å². The van der Waals surface area contributed by atoms with Crippen LogP contribution in [-0.2, 0) is 0 Å². The van der Waals surface area contributed by atoms with Gasteiger partial charge in [0, 0.05) is 4.70 Å². The van der Waals surface area contributed by atoms with Crippen LogP contribution in [0.1, 0.15) is 9.75 Å². The molecule has 0 radical (unpaired) electrons. The molecule has 0 atom stereocenters. The first-order valence-corrected chi connectivity index (χ1v) is 6.65. The first-order chi connectivity index (χ1) is 7.92. The lowest BCUT2D eigenvalue weighted by atomic mass is 10.2. The Kier molecular flexibility index (Phi) is 2.49. The molecule has 0 bridgehead atoms. The van der Waals surface area contributed by atoms with Crippen molar-refractivity contribution < 1.29 is 0 Å². The molecule has 0 saturated carbocycles. The van der Waals surface area contributed by atoms with Crippen LogP contribution in [0.5, 0.6) is 0 Å². The van der Waals surface area contributed by atoms with Gasteiger partial charge in [0.2, 0.25) is 0 Å². The summed E-state index contributed by atoms with van der Waals surface area (Å²) in [6, 6.07) is 14.6. The monoisotopic (exact) mass is 240 g/mol. The number of hydrogen-bond donors (Lipinski definition) is 0. The number of thiophene rings is 2. The quantitative estimate of drug-likeness (QED) is 0.512. The first-order valence-electron chi connectivity index (χ1n) is 4.96. The number of hydrogen-bond acceptors (Lipinski definition) is 2. The zero-order valence-electron chi connectivity index (χ0n) is 8.44. The minimum absolute atomic E-state index is 1.12. The second-order valence-corrected chi connectivity index (χ2v) is 5.41. The average molecular weight is 240 g/mol. The SMILES string of the molecule is C(#Cc1cc2ccccc2s1)c1cccs1. The van der Waals surface area contributed by atoms with E-state index in [0.29, 0.717) is 0 Å². The van der Waals surface area contributed by atoms with Crippen molar-refractivity contribution in [2.75, 3.05) is 0 Å². The second kappa shape index (κ2) is 4.13. The van der Waals surface area contributed by atoms with Crippen LogP contribution in [0, 0.1) is 11.8 Å². The van der Waals surface area contributed by atoms with Crippen LogP contribution in [0.2, 0.25) is 0 Å². The molecule has 0 nitrogen and oxygen atoms in total. The molecule has 0 saturated heterocycles. The largest absolute Gasteiger partial charge is 0.135 e. The average Bonchev–Trinajstić information content (AvgIpc) is 2.95. The lowest BCUT2D eigenvalue weighted by Crippen LogP contribution is -1.62. The summed E-state index contributed by atoms with van der Waals surface area (Å²) in [6.07, 6.45) is 0. The minimum Gasteiger partial charge on any atom is -0.135 e. The summed E-state index contributed by atoms with van der Waals surface area (Å²) < 4.78 is 1.30. The van der Waals surface area contributed by atoms with Crippen LogP contribution in [0.25, 0.3) is 10.1 Å². The van der Waals surface area contributed by atoms with E-state index in [1.807, 2.05) is 12.1 Å². The Morgan fingerprint density at radius 2 is 1.75 bits per heavy atom. The number of fused-ring (bicyclic) bond motifs is 1. The van der Waals surface area contributed by atoms with Crippen LogP contribution in [0.3, 0.4) is 0 Å². The van der Waals surface area contributed by atoms with Gasteiger partial charge in [0.05, 0.1) is 9.75 Å². The van der Waals surface area contributed by atoms with E-state index >= 15 is 0 Å². The fourth-order valence-corrected chi connectivity index (χ4v) is 3.00. The second-order valence-electron chi connectivity index (χ2n) is 3.38. The third-order valence-corrected chi connectivity index (χ3v) is 4.07. The van der Waals surface area contributed by atoms with Gasteiger partial charge in [0.25, 0.3) is 0 Å². The maximum absolute atomic E-state index is 3.22. The molecule has 0 aliphatic carbocycles. The van der Waals surface area contributed by atoms with Crippen LogP contribution < -0.4 is 0 Å². The predicted octanol–water partition coefficient (Wildman–Crippen LogP) is 4.36. The minimum atomic E-state index is 1.12. The molecular formula is C14H8S2. The molecule has 0 spiro atoms. The van der Waals surface area contributed by atoms with E-state index in [9.17, 15) is 0 Å². The molecule has 0 aliphatic rings. The normalized spacial score (nSPS) is 10.0. The van der Waals surface area contributed by atoms with Crippen LogP contribution >= 0.6 is 22.7 Å². The Labute approximate surface area is 102 Å². The van der Waals surface area contributed by atoms with Gasteiger partial charge in [-0.3, -0.25) is 0 Å². The van der Waals surface area contributed by atoms with E-state index in [4.69, 9.17) is 0 Å². The van der Waals surface area contributed by atoms with Gasteiger partial charge in [-0.25, -0.2) is 0 Å². The third-order valence-electron chi connectivity index (χ3n) is 2.26. The molecule has 0 aliphatic heterocycles. The molecule has 0 amide bonds. The van der Waals surface area contributed by atoms with Crippen LogP contribution in [0.4, 0.5) is 0 Å². The van der Waals surface area contributed by atoms with Crippen molar-refractivity contribution in [1.29, 1.82) is 0 Å². The lowest BCUT2D eigenvalue weighted by Gasteiger charge is -1.82. The first kappa shape index (κ1) is 9.65. The Bertz CT molecular complexity index is 630. The van der Waals surface area contributed by atoms with Gasteiger partial charge in [0.15, 0.2) is 0 Å². The zero-order valence-corrected chi connectivity index (χ0v) is 10.1. The summed E-state index contributed by atoms with van der Waals surface area (Å²) in [4.78, 5) is 2.26. The fraction of sp³-hybridized carbons (Fsp3) is 0. The highest BCUT2D eigenvalue weighted by Gasteiger charge is 1.97. The topological polar surface area (TPSA) is 0 Å². The standard InChI is InChI=1S/C14H8S2/c1-2-6-14-11(4-1)10-13(16-14)8-7-12-5-3-9-15-12/h1-6,9-10H. The summed E-state index contributed by atoms with van der Waals surface area (Å²) in [6.45, 7) is 0. The summed E-state index contributed by atoms with van der Waals surface area (Å²) in [7, 11) is 0. The summed E-state index contributed by atoms with van der Waals surface area (Å²) in [5, 5.41) is 3.33. The van der Waals surface area contributed by atoms with Crippen molar-refractivity contribution in [3.8, 4) is 11.8 Å². The highest BCUT2D eigenvalue weighted by molar-refractivity contribution is 7.19. The van der Waals surface area contributed by atoms with Crippen molar-refractivity contribution in [1.82, 2.24) is 0 Å². The number of rotatable bonds is 0. The van der Waals surface area contributed by atoms with E-state index in [1.165, 1.54) is 10.1 Å². The Morgan fingerprint density at radius 3 is 2.56 bits per heavy atom. The van der Waals surface area contributed by atoms with Crippen LogP contribution in [0.15, 0.2) is 47.8 Å². The van der Waals surface area contributed by atoms with Crippen molar-refractivity contribution in [2.24, 2.45) is 0 Å². The Morgan fingerprint density at radius 1 is 0.875 bits per heavy atom. The summed E-state index contributed by atoms with van der Waals surface area (Å²) in [5.74, 6) is 6.40. The molecule has 2 aromatic heterocycles. The Balaban J connectivity index is 2.01. The van der Waals surface area contributed by atoms with E-state index < -0.39 is 0 Å². The van der Waals surface area contributed by atoms with Gasteiger partial charge < -0.3 is 0 Å². The van der Waals surface area contributed by atoms with E-state index in [1.54, 1.807) is 22.7 Å². The molecule has 76 valence electrons. The summed E-state index contributed by atoms with van der Waals surface area (Å²) >= 11 is 3.43. The van der Waals surface area contributed by atoms with Crippen LogP contribution in [-0.4, -0.2) is 0 Å². The summed E-state index contributed by atoms with van der Waals surface area (Å²) in [5.41, 5.74) is 0. The molecule has 0 unspecified atom stereocenters. The molecule has 16 heavy (non-hydrogen) atoms. The highest BCUT2D eigenvalue weighted by atomic mass is 32.1. The van der Waals surface area contributed by atoms with Gasteiger partial charge in [-0.1, -0.05) is 24.3 Å². The van der Waals surface area contributed by atoms with Gasteiger partial charge in [-0.2, -0.15) is 0 Å². The zero-order chi connectivity index (χ0) is 10.8. The van der Waals surface area contributed by atoms with Gasteiger partial charge in [0.1, 0.15) is 0 Å². The van der Waals surface area contributed by atoms with E-state index in [2.05, 4.69) is 47.6 Å². The predicted molar refractivity (Wildman–Crippen MR) is 72.1 cm³/mol. The molecule has 1 aromatic carbocycles. The van der Waals surface area contributed by atoms with Gasteiger partial charge in [-0.05, 0) is 40.8 Å². The molecule has 2 heteroatoms. The lowest BCUT2D eigenvalue weighted by molar-refractivity contribution is 1.85. The van der Waals surface area contributed by atoms with Crippen molar-refractivity contribution >= 4 is 32.8 Å². The smallest absolute Gasteiger partial charge is 0.0785 e. The molecule has 2 heterocycles. The number of benzene rings is 1. The maximum atomic E-state index is 3.22. The molecule has 3 aromatic rings. The van der Waals surface area contributed by atoms with Gasteiger partial charge >= 0.3 is 0 Å². The fourth-order valence-electron chi connectivity index (χ4n) is 1.52. The van der Waals surface area contributed by atoms with Crippen molar-refractivity contribution in [2.45, 2.75) is 0 Å². The Hall–Kier alpha value is -1.56. The highest BCUT2D eigenvalue weighted by Crippen LogP contribution is 2.24. The molecule has 0 fully saturated rings. The van der Waals surface area contributed by atoms with Crippen molar-refractivity contribution in [3.63, 3.8) is 0 Å². The molecule has 3 rings (SSSR count). The molecular weight excluding hydrogens is 232 g/mol. The maximum Gasteiger partial charge on any atom is 0.0785 e. The third kappa shape index (κ3) is 1.88.